The van der Waals surface area contributed by atoms with Gasteiger partial charge in [0, 0.05) is 49.1 Å². The van der Waals surface area contributed by atoms with Crippen molar-refractivity contribution in [2.24, 2.45) is 0 Å². The number of nitrogens with zero attached hydrogens (tertiary/aromatic N) is 1. The molecule has 0 unspecified atom stereocenters. The summed E-state index contributed by atoms with van der Waals surface area (Å²) in [4.78, 5) is 85.1. The number of amides is 4. The van der Waals surface area contributed by atoms with Crippen molar-refractivity contribution in [3.8, 4) is 0 Å². The van der Waals surface area contributed by atoms with Crippen LogP contribution in [0.15, 0.2) is 82.8 Å². The predicted molar refractivity (Wildman–Crippen MR) is 236 cm³/mol. The fraction of sp³-hybridized carbons (Fsp3) is 0.511. The fourth-order valence-corrected chi connectivity index (χ4v) is 6.09. The SMILES string of the molecule is C=C1NCCCNCCCCNCCCNC(=O)c2ccc(n(OCc3ccccc3)c2=O)C(=O)N[C@@H](CCCCNC(=O)OC(C)(C)C)CNC(=O)/C(C)=C/C=C/1C(C)=O. The minimum absolute atomic E-state index is 0.00524. The third kappa shape index (κ3) is 19.0. The van der Waals surface area contributed by atoms with Crippen LogP contribution in [-0.2, 0) is 20.9 Å². The summed E-state index contributed by atoms with van der Waals surface area (Å²) < 4.78 is 6.15. The molecule has 0 aliphatic carbocycles. The lowest BCUT2D eigenvalue weighted by Gasteiger charge is -2.22. The van der Waals surface area contributed by atoms with E-state index in [1.54, 1.807) is 52.0 Å². The number of hydrogen-bond acceptors (Lipinski definition) is 11. The summed E-state index contributed by atoms with van der Waals surface area (Å²) in [6.07, 6.45) is 7.45. The van der Waals surface area contributed by atoms with Crippen molar-refractivity contribution in [1.29, 1.82) is 0 Å². The summed E-state index contributed by atoms with van der Waals surface area (Å²) in [6, 6.07) is 11.1. The van der Waals surface area contributed by atoms with Crippen LogP contribution in [0.5, 0.6) is 0 Å². The Labute approximate surface area is 359 Å². The molecule has 16 heteroatoms. The van der Waals surface area contributed by atoms with E-state index in [2.05, 4.69) is 43.8 Å². The third-order valence-electron chi connectivity index (χ3n) is 9.42. The van der Waals surface area contributed by atoms with E-state index in [1.165, 1.54) is 19.1 Å². The molecule has 4 rings (SSSR count). The molecule has 1 aromatic heterocycles. The van der Waals surface area contributed by atoms with Gasteiger partial charge in [-0.25, -0.2) is 4.79 Å². The maximum Gasteiger partial charge on any atom is 0.407 e. The molecule has 61 heavy (non-hydrogen) atoms. The van der Waals surface area contributed by atoms with E-state index in [0.29, 0.717) is 68.7 Å². The first kappa shape index (κ1) is 49.6. The summed E-state index contributed by atoms with van der Waals surface area (Å²) >= 11 is 0. The molecular weight excluding hydrogens is 781 g/mol. The van der Waals surface area contributed by atoms with Gasteiger partial charge in [0.15, 0.2) is 5.78 Å². The molecule has 0 radical (unpaired) electrons. The van der Waals surface area contributed by atoms with Gasteiger partial charge in [-0.15, -0.1) is 4.73 Å². The summed E-state index contributed by atoms with van der Waals surface area (Å²) in [5.74, 6) is -1.89. The number of ketones is 1. The lowest BCUT2D eigenvalue weighted by Crippen LogP contribution is -2.46. The van der Waals surface area contributed by atoms with Crippen LogP contribution in [-0.4, -0.2) is 98.3 Å². The minimum Gasteiger partial charge on any atom is -0.444 e. The molecule has 1 atom stereocenters. The summed E-state index contributed by atoms with van der Waals surface area (Å²) in [5.41, 5.74) is 0.0767. The summed E-state index contributed by atoms with van der Waals surface area (Å²) in [6.45, 7) is 16.8. The molecule has 0 saturated heterocycles. The quantitative estimate of drug-likeness (QED) is 0.182. The van der Waals surface area contributed by atoms with E-state index in [4.69, 9.17) is 9.57 Å². The molecule has 2 aliphatic heterocycles. The Morgan fingerprint density at radius 1 is 0.803 bits per heavy atom. The number of carbonyl (C=O) groups excluding carboxylic acids is 5. The number of benzene rings is 1. The van der Waals surface area contributed by atoms with Gasteiger partial charge in [-0.2, -0.15) is 0 Å². The molecule has 2 aromatic rings. The number of pyridine rings is 1. The Morgan fingerprint density at radius 3 is 2.11 bits per heavy atom. The first-order chi connectivity index (χ1) is 29.2. The second kappa shape index (κ2) is 26.5. The molecule has 0 saturated carbocycles. The van der Waals surface area contributed by atoms with Crippen molar-refractivity contribution < 1.29 is 33.5 Å². The van der Waals surface area contributed by atoms with Crippen molar-refractivity contribution in [3.05, 3.63) is 105 Å². The van der Waals surface area contributed by atoms with E-state index in [-0.39, 0.29) is 30.2 Å². The number of rotatable bonds is 9. The topological polar surface area (TPSA) is 210 Å². The predicted octanol–water partition coefficient (Wildman–Crippen LogP) is 3.43. The standard InChI is InChI=1S/C45H66N8O8/c1-32-19-20-37(34(3)54)33(2)48-28-14-25-46-23-12-13-24-47-26-15-29-49-41(56)38-21-22-39(53(43(38)58)60-31-35-16-8-7-9-17-35)42(57)52-36(30-51-40(32)55)18-10-11-27-50-44(59)61-45(4,5)6/h7-9,16-17,19-22,36,46-48H,2,10-15,18,23-31H2,1,3-6H3,(H,49,56)(H,50,59)(H,51,55)(H,52,57)/b32-19+,37-20-/t36-/m0/s1. The van der Waals surface area contributed by atoms with E-state index in [1.807, 2.05) is 18.2 Å². The van der Waals surface area contributed by atoms with Gasteiger partial charge in [-0.1, -0.05) is 43.0 Å². The van der Waals surface area contributed by atoms with Crippen molar-refractivity contribution in [2.75, 3.05) is 52.4 Å². The molecule has 16 nitrogen and oxygen atoms in total. The zero-order chi connectivity index (χ0) is 44.6. The number of aromatic nitrogens is 1. The number of carbonyl (C=O) groups is 5. The van der Waals surface area contributed by atoms with Gasteiger partial charge < -0.3 is 46.8 Å². The number of alkyl carbamates (subject to hydrolysis) is 1. The lowest BCUT2D eigenvalue weighted by atomic mass is 10.1. The number of Topliss-reactive ketones (excluding diaryl/α,β-unsaturated/α-hetero) is 1. The minimum atomic E-state index is -0.804. The Balaban J connectivity index is 1.89. The number of ether oxygens (including phenoxy) is 1. The van der Waals surface area contributed by atoms with Crippen LogP contribution in [0.3, 0.4) is 0 Å². The second-order valence-electron chi connectivity index (χ2n) is 15.9. The van der Waals surface area contributed by atoms with E-state index in [0.717, 1.165) is 49.2 Å². The number of fused-ring (bicyclic) bond motifs is 25. The van der Waals surface area contributed by atoms with Crippen LogP contribution in [0.1, 0.15) is 106 Å². The fourth-order valence-electron chi connectivity index (χ4n) is 6.09. The van der Waals surface area contributed by atoms with E-state index < -0.39 is 41.0 Å². The Bertz CT molecular complexity index is 1900. The molecule has 2 aliphatic rings. The molecule has 2 bridgehead atoms. The maximum atomic E-state index is 14.0. The lowest BCUT2D eigenvalue weighted by molar-refractivity contribution is -0.117. The zero-order valence-corrected chi connectivity index (χ0v) is 36.5. The number of nitrogens with one attached hydrogen (secondary N) is 7. The Morgan fingerprint density at radius 2 is 1.46 bits per heavy atom. The van der Waals surface area contributed by atoms with E-state index >= 15 is 0 Å². The number of unbranched alkanes of at least 4 members (excludes halogenated alkanes) is 1. The molecule has 3 heterocycles. The summed E-state index contributed by atoms with van der Waals surface area (Å²) in [7, 11) is 0. The highest BCUT2D eigenvalue weighted by atomic mass is 16.7. The smallest absolute Gasteiger partial charge is 0.407 e. The van der Waals surface area contributed by atoms with Gasteiger partial charge in [0.25, 0.3) is 17.4 Å². The molecule has 4 amide bonds. The third-order valence-corrected chi connectivity index (χ3v) is 9.42. The summed E-state index contributed by atoms with van der Waals surface area (Å²) in [5, 5.41) is 21.3. The number of hydrogen-bond donors (Lipinski definition) is 7. The Kier molecular flexibility index (Phi) is 21.5. The maximum absolute atomic E-state index is 14.0. The largest absolute Gasteiger partial charge is 0.444 e. The first-order valence-corrected chi connectivity index (χ1v) is 21.2. The highest BCUT2D eigenvalue weighted by Crippen LogP contribution is 2.11. The van der Waals surface area contributed by atoms with E-state index in [9.17, 15) is 28.8 Å². The molecule has 0 spiro atoms. The van der Waals surface area contributed by atoms with Gasteiger partial charge in [0.05, 0.1) is 0 Å². The number of allylic oxidation sites excluding steroid dienone is 3. The van der Waals surface area contributed by atoms with Crippen molar-refractivity contribution in [1.82, 2.24) is 41.9 Å². The van der Waals surface area contributed by atoms with Crippen LogP contribution >= 0.6 is 0 Å². The average Bonchev–Trinajstić information content (AvgIpc) is 3.21. The van der Waals surface area contributed by atoms with Crippen LogP contribution < -0.4 is 47.6 Å². The molecule has 7 N–H and O–H groups in total. The van der Waals surface area contributed by atoms with Crippen molar-refractivity contribution >= 4 is 29.6 Å². The first-order valence-electron chi connectivity index (χ1n) is 21.2. The van der Waals surface area contributed by atoms with Gasteiger partial charge in [-0.3, -0.25) is 24.0 Å². The molecule has 334 valence electrons. The van der Waals surface area contributed by atoms with Crippen LogP contribution in [0.2, 0.25) is 0 Å². The van der Waals surface area contributed by atoms with Gasteiger partial charge >= 0.3 is 6.09 Å². The second-order valence-corrected chi connectivity index (χ2v) is 15.9. The van der Waals surface area contributed by atoms with Crippen LogP contribution in [0.4, 0.5) is 4.79 Å². The van der Waals surface area contributed by atoms with Crippen LogP contribution in [0.25, 0.3) is 0 Å². The van der Waals surface area contributed by atoms with Gasteiger partial charge in [-0.05, 0) is 130 Å². The highest BCUT2D eigenvalue weighted by Gasteiger charge is 2.23. The Hall–Kier alpha value is -5.74. The average molecular weight is 847 g/mol. The molecule has 0 fully saturated rings. The monoisotopic (exact) mass is 847 g/mol. The highest BCUT2D eigenvalue weighted by molar-refractivity contribution is 5.99. The van der Waals surface area contributed by atoms with Crippen molar-refractivity contribution in [3.63, 3.8) is 0 Å². The molecule has 1 aromatic carbocycles. The molecular formula is C45H66N8O8. The normalized spacial score (nSPS) is 19.3. The van der Waals surface area contributed by atoms with Gasteiger partial charge in [0.2, 0.25) is 5.91 Å². The van der Waals surface area contributed by atoms with Crippen molar-refractivity contribution in [2.45, 2.75) is 97.8 Å². The van der Waals surface area contributed by atoms with Gasteiger partial charge in [0.1, 0.15) is 23.5 Å². The van der Waals surface area contributed by atoms with Crippen LogP contribution in [0, 0.1) is 0 Å². The zero-order valence-electron chi connectivity index (χ0n) is 36.5.